The highest BCUT2D eigenvalue weighted by Crippen LogP contribution is 2.28. The van der Waals surface area contributed by atoms with Crippen LogP contribution >= 0.6 is 38.9 Å². The first-order chi connectivity index (χ1) is 15.0. The molecule has 0 aliphatic heterocycles. The van der Waals surface area contributed by atoms with Crippen molar-refractivity contribution in [3.63, 3.8) is 0 Å². The number of halogens is 2. The summed E-state index contributed by atoms with van der Waals surface area (Å²) in [5, 5.41) is 2.47. The second-order valence-electron chi connectivity index (χ2n) is 7.98. The van der Waals surface area contributed by atoms with Gasteiger partial charge in [-0.15, -0.1) is 11.3 Å². The molecule has 0 aliphatic rings. The van der Waals surface area contributed by atoms with E-state index >= 15 is 0 Å². The van der Waals surface area contributed by atoms with E-state index in [0.29, 0.717) is 15.7 Å². The fraction of sp³-hybridized carbons (Fsp3) is 0.318. The molecule has 1 atom stereocenters. The Kier molecular flexibility index (Phi) is 7.76. The molecule has 0 amide bonds. The van der Waals surface area contributed by atoms with E-state index in [2.05, 4.69) is 20.9 Å². The molecule has 0 aliphatic carbocycles. The Balaban J connectivity index is 1.90. The number of hydrogen-bond acceptors (Lipinski definition) is 7. The molecule has 0 unspecified atom stereocenters. The number of esters is 1. The van der Waals surface area contributed by atoms with Crippen LogP contribution in [0.4, 0.5) is 0 Å². The molecule has 3 rings (SSSR count). The van der Waals surface area contributed by atoms with E-state index in [-0.39, 0.29) is 23.5 Å². The lowest BCUT2D eigenvalue weighted by Crippen LogP contribution is -2.32. The number of carbonyl (C=O) groups excluding carboxylic acids is 1. The second kappa shape index (κ2) is 10.2. The van der Waals surface area contributed by atoms with E-state index < -0.39 is 23.2 Å². The first-order valence-corrected chi connectivity index (χ1v) is 11.8. The van der Waals surface area contributed by atoms with E-state index in [0.717, 1.165) is 5.56 Å². The Morgan fingerprint density at radius 2 is 1.97 bits per heavy atom. The SMILES string of the molecule is CC(C)(C)OC(=O)Cn1c(-c2cccs2)nc(OC[C@H](N)c2ccc(Cl)cc2)c(Br)c1=O. The summed E-state index contributed by atoms with van der Waals surface area (Å²) >= 11 is 10.6. The maximum Gasteiger partial charge on any atom is 0.326 e. The first-order valence-electron chi connectivity index (χ1n) is 9.75. The minimum absolute atomic E-state index is 0.0899. The summed E-state index contributed by atoms with van der Waals surface area (Å²) in [6.07, 6.45) is 0. The number of thiophene rings is 1. The van der Waals surface area contributed by atoms with Crippen molar-refractivity contribution < 1.29 is 14.3 Å². The van der Waals surface area contributed by atoms with Gasteiger partial charge in [-0.2, -0.15) is 4.98 Å². The van der Waals surface area contributed by atoms with Crippen LogP contribution in [-0.4, -0.2) is 27.7 Å². The molecule has 3 aromatic rings. The normalized spacial score (nSPS) is 12.4. The van der Waals surface area contributed by atoms with Crippen molar-refractivity contribution in [3.05, 3.63) is 67.2 Å². The molecule has 170 valence electrons. The van der Waals surface area contributed by atoms with Crippen molar-refractivity contribution in [2.75, 3.05) is 6.61 Å². The summed E-state index contributed by atoms with van der Waals surface area (Å²) in [7, 11) is 0. The number of carbonyl (C=O) groups is 1. The van der Waals surface area contributed by atoms with Gasteiger partial charge in [0.25, 0.3) is 5.56 Å². The maximum absolute atomic E-state index is 13.1. The molecule has 0 saturated carbocycles. The highest BCUT2D eigenvalue weighted by molar-refractivity contribution is 9.10. The summed E-state index contributed by atoms with van der Waals surface area (Å²) in [5.74, 6) is -0.123. The summed E-state index contributed by atoms with van der Waals surface area (Å²) in [4.78, 5) is 30.8. The molecule has 0 spiro atoms. The van der Waals surface area contributed by atoms with Crippen LogP contribution in [0.3, 0.4) is 0 Å². The fourth-order valence-corrected chi connectivity index (χ4v) is 4.09. The van der Waals surface area contributed by atoms with E-state index in [4.69, 9.17) is 26.8 Å². The molecule has 0 bridgehead atoms. The molecule has 0 saturated heterocycles. The van der Waals surface area contributed by atoms with Crippen molar-refractivity contribution >= 4 is 44.8 Å². The Hall–Kier alpha value is -2.20. The molecule has 10 heteroatoms. The van der Waals surface area contributed by atoms with Crippen molar-refractivity contribution in [1.82, 2.24) is 9.55 Å². The largest absolute Gasteiger partial charge is 0.475 e. The van der Waals surface area contributed by atoms with Crippen LogP contribution in [0.5, 0.6) is 5.88 Å². The van der Waals surface area contributed by atoms with Crippen molar-refractivity contribution in [1.29, 1.82) is 0 Å². The topological polar surface area (TPSA) is 96.4 Å². The number of benzene rings is 1. The number of nitrogens with two attached hydrogens (primary N) is 1. The van der Waals surface area contributed by atoms with Gasteiger partial charge in [-0.3, -0.25) is 14.2 Å². The zero-order chi connectivity index (χ0) is 23.5. The van der Waals surface area contributed by atoms with Crippen LogP contribution in [0.15, 0.2) is 51.0 Å². The van der Waals surface area contributed by atoms with Crippen molar-refractivity contribution in [3.8, 4) is 16.6 Å². The molecule has 2 N–H and O–H groups in total. The lowest BCUT2D eigenvalue weighted by molar-refractivity contribution is -0.155. The van der Waals surface area contributed by atoms with Gasteiger partial charge in [-0.05, 0) is 65.8 Å². The molecule has 1 aromatic carbocycles. The molecule has 32 heavy (non-hydrogen) atoms. The van der Waals surface area contributed by atoms with E-state index in [1.807, 2.05) is 29.6 Å². The van der Waals surface area contributed by atoms with E-state index in [9.17, 15) is 9.59 Å². The van der Waals surface area contributed by atoms with Gasteiger partial charge in [-0.1, -0.05) is 29.8 Å². The third-order valence-corrected chi connectivity index (χ3v) is 6.03. The lowest BCUT2D eigenvalue weighted by atomic mass is 10.1. The predicted molar refractivity (Wildman–Crippen MR) is 129 cm³/mol. The predicted octanol–water partition coefficient (Wildman–Crippen LogP) is 4.81. The van der Waals surface area contributed by atoms with Crippen LogP contribution in [0.25, 0.3) is 10.7 Å². The van der Waals surface area contributed by atoms with Gasteiger partial charge in [0.15, 0.2) is 5.82 Å². The average molecular weight is 541 g/mol. The highest BCUT2D eigenvalue weighted by Gasteiger charge is 2.23. The molecule has 0 fully saturated rings. The quantitative estimate of drug-likeness (QED) is 0.432. The molecule has 2 aromatic heterocycles. The van der Waals surface area contributed by atoms with Gasteiger partial charge in [0.2, 0.25) is 5.88 Å². The second-order valence-corrected chi connectivity index (χ2v) is 10.2. The van der Waals surface area contributed by atoms with Gasteiger partial charge in [0, 0.05) is 5.02 Å². The minimum atomic E-state index is -0.671. The molecule has 2 heterocycles. The van der Waals surface area contributed by atoms with Crippen LogP contribution in [0.2, 0.25) is 5.02 Å². The van der Waals surface area contributed by atoms with Crippen LogP contribution in [-0.2, 0) is 16.1 Å². The van der Waals surface area contributed by atoms with Gasteiger partial charge in [0.05, 0.1) is 10.9 Å². The zero-order valence-electron chi connectivity index (χ0n) is 17.8. The summed E-state index contributed by atoms with van der Waals surface area (Å²) in [6, 6.07) is 10.3. The van der Waals surface area contributed by atoms with Crippen LogP contribution < -0.4 is 16.0 Å². The smallest absolute Gasteiger partial charge is 0.326 e. The van der Waals surface area contributed by atoms with Crippen molar-refractivity contribution in [2.24, 2.45) is 5.73 Å². The van der Waals surface area contributed by atoms with Gasteiger partial charge < -0.3 is 15.2 Å². The number of ether oxygens (including phenoxy) is 2. The third kappa shape index (κ3) is 6.19. The molecule has 7 nitrogen and oxygen atoms in total. The van der Waals surface area contributed by atoms with Crippen LogP contribution in [0, 0.1) is 0 Å². The molecular formula is C22H23BrClN3O4S. The Bertz CT molecular complexity index is 1140. The minimum Gasteiger partial charge on any atom is -0.475 e. The standard InChI is InChI=1S/C22H23BrClN3O4S/c1-22(2,3)31-17(28)11-27-19(16-5-4-10-32-16)26-20(18(23)21(27)29)30-12-15(25)13-6-8-14(24)9-7-13/h4-10,15H,11-12,25H2,1-3H3/t15-/m0/s1. The van der Waals surface area contributed by atoms with Gasteiger partial charge in [0.1, 0.15) is 23.2 Å². The highest BCUT2D eigenvalue weighted by atomic mass is 79.9. The first kappa shape index (κ1) is 24.4. The lowest BCUT2D eigenvalue weighted by Gasteiger charge is -2.21. The van der Waals surface area contributed by atoms with Gasteiger partial charge in [-0.25, -0.2) is 0 Å². The van der Waals surface area contributed by atoms with Crippen LogP contribution in [0.1, 0.15) is 32.4 Å². The fourth-order valence-electron chi connectivity index (χ4n) is 2.83. The number of nitrogens with zero attached hydrogens (tertiary/aromatic N) is 2. The zero-order valence-corrected chi connectivity index (χ0v) is 21.0. The monoisotopic (exact) mass is 539 g/mol. The molecule has 0 radical (unpaired) electrons. The maximum atomic E-state index is 13.1. The van der Waals surface area contributed by atoms with E-state index in [1.165, 1.54) is 15.9 Å². The summed E-state index contributed by atoms with van der Waals surface area (Å²) in [6.45, 7) is 5.11. The number of hydrogen-bond donors (Lipinski definition) is 1. The Labute approximate surface area is 203 Å². The van der Waals surface area contributed by atoms with Gasteiger partial charge >= 0.3 is 5.97 Å². The molecular weight excluding hydrogens is 518 g/mol. The summed E-state index contributed by atoms with van der Waals surface area (Å²) in [5.41, 5.74) is 5.92. The Morgan fingerprint density at radius 3 is 2.56 bits per heavy atom. The third-order valence-electron chi connectivity index (χ3n) is 4.23. The Morgan fingerprint density at radius 1 is 1.28 bits per heavy atom. The average Bonchev–Trinajstić information content (AvgIpc) is 3.24. The summed E-state index contributed by atoms with van der Waals surface area (Å²) < 4.78 is 12.6. The van der Waals surface area contributed by atoms with Crippen molar-refractivity contribution in [2.45, 2.75) is 39.0 Å². The van der Waals surface area contributed by atoms with E-state index in [1.54, 1.807) is 32.9 Å². The number of rotatable bonds is 7. The number of aromatic nitrogens is 2.